The van der Waals surface area contributed by atoms with Crippen LogP contribution in [0.4, 0.5) is 0 Å². The topological polar surface area (TPSA) is 59.8 Å². The Hall–Kier alpha value is -2.95. The number of hydrogen-bond donors (Lipinski definition) is 1. The van der Waals surface area contributed by atoms with Crippen LogP contribution in [0.2, 0.25) is 0 Å². The summed E-state index contributed by atoms with van der Waals surface area (Å²) in [5, 5.41) is 7.52. The lowest BCUT2D eigenvalue weighted by Crippen LogP contribution is -2.33. The molecule has 3 aromatic rings. The molecule has 1 aliphatic rings. The normalized spacial score (nSPS) is 15.3. The van der Waals surface area contributed by atoms with Crippen LogP contribution >= 0.6 is 0 Å². The Morgan fingerprint density at radius 1 is 1.12 bits per heavy atom. The quantitative estimate of drug-likeness (QED) is 0.764. The number of pyridine rings is 1. The van der Waals surface area contributed by atoms with Crippen molar-refractivity contribution in [3.63, 3.8) is 0 Å². The number of aromatic nitrogens is 3. The molecule has 0 aliphatic heterocycles. The summed E-state index contributed by atoms with van der Waals surface area (Å²) < 4.78 is 1.86. The van der Waals surface area contributed by atoms with Crippen LogP contribution in [0.15, 0.2) is 60.9 Å². The molecule has 1 atom stereocenters. The molecule has 0 radical (unpaired) electrons. The van der Waals surface area contributed by atoms with Crippen LogP contribution in [-0.4, -0.2) is 20.7 Å². The second-order valence-corrected chi connectivity index (χ2v) is 6.82. The molecule has 1 amide bonds. The highest BCUT2D eigenvalue weighted by atomic mass is 16.2. The van der Waals surface area contributed by atoms with Crippen molar-refractivity contribution in [1.82, 2.24) is 20.1 Å². The molecule has 2 heterocycles. The Balaban J connectivity index is 1.63. The van der Waals surface area contributed by atoms with Crippen LogP contribution in [0, 0.1) is 6.92 Å². The zero-order valence-electron chi connectivity index (χ0n) is 14.8. The number of amides is 1. The fourth-order valence-corrected chi connectivity index (χ4v) is 3.25. The van der Waals surface area contributed by atoms with E-state index in [1.54, 1.807) is 18.5 Å². The van der Waals surface area contributed by atoms with Crippen molar-refractivity contribution in [3.05, 3.63) is 83.4 Å². The number of benzene rings is 1. The first-order valence-electron chi connectivity index (χ1n) is 9.04. The molecular weight excluding hydrogens is 324 g/mol. The van der Waals surface area contributed by atoms with Gasteiger partial charge in [-0.2, -0.15) is 5.10 Å². The van der Waals surface area contributed by atoms with Crippen molar-refractivity contribution in [1.29, 1.82) is 0 Å². The number of aryl methyl sites for hydroxylation is 1. The standard InChI is InChI=1S/C21H22N4O/c1-15-8-10-16(11-9-15)20(18-7-2-3-13-22-18)24-21(26)19-12-14-23-25(19)17-5-4-6-17/h2-3,7-14,17,20H,4-6H2,1H3,(H,24,26). The third-order valence-electron chi connectivity index (χ3n) is 4.99. The highest BCUT2D eigenvalue weighted by Crippen LogP contribution is 2.32. The molecule has 4 rings (SSSR count). The van der Waals surface area contributed by atoms with Crippen LogP contribution in [0.25, 0.3) is 0 Å². The summed E-state index contributed by atoms with van der Waals surface area (Å²) in [6.45, 7) is 2.05. The van der Waals surface area contributed by atoms with Crippen molar-refractivity contribution in [2.24, 2.45) is 0 Å². The number of carbonyl (C=O) groups excluding carboxylic acids is 1. The van der Waals surface area contributed by atoms with Gasteiger partial charge in [0.25, 0.3) is 5.91 Å². The Bertz CT molecular complexity index is 882. The molecule has 26 heavy (non-hydrogen) atoms. The molecule has 1 N–H and O–H groups in total. The van der Waals surface area contributed by atoms with Crippen LogP contribution in [0.5, 0.6) is 0 Å². The van der Waals surface area contributed by atoms with Gasteiger partial charge in [0, 0.05) is 12.4 Å². The first kappa shape index (κ1) is 16.5. The summed E-state index contributed by atoms with van der Waals surface area (Å²) in [5.74, 6) is -0.120. The minimum absolute atomic E-state index is 0.120. The molecular formula is C21H22N4O. The molecule has 2 aromatic heterocycles. The zero-order valence-corrected chi connectivity index (χ0v) is 14.8. The van der Waals surface area contributed by atoms with E-state index in [0.29, 0.717) is 11.7 Å². The molecule has 132 valence electrons. The molecule has 5 heteroatoms. The molecule has 1 aromatic carbocycles. The fraction of sp³-hybridized carbons (Fsp3) is 0.286. The molecule has 0 saturated heterocycles. The number of carbonyl (C=O) groups is 1. The fourth-order valence-electron chi connectivity index (χ4n) is 3.25. The van der Waals surface area contributed by atoms with Crippen molar-refractivity contribution in [2.75, 3.05) is 0 Å². The predicted octanol–water partition coefficient (Wildman–Crippen LogP) is 3.83. The Labute approximate surface area is 153 Å². The summed E-state index contributed by atoms with van der Waals surface area (Å²) in [7, 11) is 0. The van der Waals surface area contributed by atoms with E-state index in [1.165, 1.54) is 12.0 Å². The van der Waals surface area contributed by atoms with E-state index in [9.17, 15) is 4.79 Å². The van der Waals surface area contributed by atoms with Crippen LogP contribution < -0.4 is 5.32 Å². The van der Waals surface area contributed by atoms with Gasteiger partial charge in [-0.15, -0.1) is 0 Å². The van der Waals surface area contributed by atoms with Gasteiger partial charge in [0.05, 0.1) is 17.8 Å². The molecule has 1 fully saturated rings. The third kappa shape index (κ3) is 3.25. The summed E-state index contributed by atoms with van der Waals surface area (Å²) in [5.41, 5.74) is 3.63. The van der Waals surface area contributed by atoms with Crippen molar-refractivity contribution in [2.45, 2.75) is 38.3 Å². The molecule has 0 bridgehead atoms. The van der Waals surface area contributed by atoms with Gasteiger partial charge in [0.1, 0.15) is 5.69 Å². The maximum Gasteiger partial charge on any atom is 0.270 e. The lowest BCUT2D eigenvalue weighted by atomic mass is 9.93. The van der Waals surface area contributed by atoms with Crippen molar-refractivity contribution in [3.8, 4) is 0 Å². The average molecular weight is 346 g/mol. The van der Waals surface area contributed by atoms with Crippen molar-refractivity contribution >= 4 is 5.91 Å². The molecule has 0 spiro atoms. The second kappa shape index (κ2) is 7.12. The van der Waals surface area contributed by atoms with Gasteiger partial charge in [-0.1, -0.05) is 35.9 Å². The van der Waals surface area contributed by atoms with E-state index in [0.717, 1.165) is 24.1 Å². The van der Waals surface area contributed by atoms with Crippen LogP contribution in [-0.2, 0) is 0 Å². The minimum Gasteiger partial charge on any atom is -0.338 e. The number of nitrogens with zero attached hydrogens (tertiary/aromatic N) is 3. The van der Waals surface area contributed by atoms with E-state index in [-0.39, 0.29) is 11.9 Å². The number of rotatable bonds is 5. The van der Waals surface area contributed by atoms with Gasteiger partial charge in [-0.3, -0.25) is 14.5 Å². The van der Waals surface area contributed by atoms with Crippen LogP contribution in [0.1, 0.15) is 58.7 Å². The lowest BCUT2D eigenvalue weighted by molar-refractivity contribution is 0.0924. The van der Waals surface area contributed by atoms with Gasteiger partial charge < -0.3 is 5.32 Å². The SMILES string of the molecule is Cc1ccc(C(NC(=O)c2ccnn2C2CCC2)c2ccccn2)cc1. The largest absolute Gasteiger partial charge is 0.338 e. The summed E-state index contributed by atoms with van der Waals surface area (Å²) in [4.78, 5) is 17.5. The molecule has 1 unspecified atom stereocenters. The van der Waals surface area contributed by atoms with E-state index in [4.69, 9.17) is 0 Å². The molecule has 1 aliphatic carbocycles. The first-order chi connectivity index (χ1) is 12.7. The highest BCUT2D eigenvalue weighted by molar-refractivity contribution is 5.93. The summed E-state index contributed by atoms with van der Waals surface area (Å²) >= 11 is 0. The maximum absolute atomic E-state index is 13.0. The second-order valence-electron chi connectivity index (χ2n) is 6.82. The third-order valence-corrected chi connectivity index (χ3v) is 4.99. The Morgan fingerprint density at radius 3 is 2.58 bits per heavy atom. The monoisotopic (exact) mass is 346 g/mol. The molecule has 1 saturated carbocycles. The van der Waals surface area contributed by atoms with Gasteiger partial charge in [0.2, 0.25) is 0 Å². The van der Waals surface area contributed by atoms with Gasteiger partial charge >= 0.3 is 0 Å². The predicted molar refractivity (Wildman–Crippen MR) is 99.8 cm³/mol. The lowest BCUT2D eigenvalue weighted by Gasteiger charge is -2.27. The summed E-state index contributed by atoms with van der Waals surface area (Å²) in [6.07, 6.45) is 6.83. The van der Waals surface area contributed by atoms with Gasteiger partial charge in [-0.05, 0) is 49.9 Å². The average Bonchev–Trinajstić information content (AvgIpc) is 3.09. The van der Waals surface area contributed by atoms with E-state index in [2.05, 4.69) is 34.5 Å². The smallest absolute Gasteiger partial charge is 0.270 e. The first-order valence-corrected chi connectivity index (χ1v) is 9.04. The minimum atomic E-state index is -0.297. The highest BCUT2D eigenvalue weighted by Gasteiger charge is 2.26. The van der Waals surface area contributed by atoms with E-state index < -0.39 is 0 Å². The summed E-state index contributed by atoms with van der Waals surface area (Å²) in [6, 6.07) is 15.8. The number of nitrogens with one attached hydrogen (secondary N) is 1. The van der Waals surface area contributed by atoms with Gasteiger partial charge in [0.15, 0.2) is 0 Å². The zero-order chi connectivity index (χ0) is 17.9. The molecule has 5 nitrogen and oxygen atoms in total. The van der Waals surface area contributed by atoms with E-state index in [1.807, 2.05) is 35.0 Å². The van der Waals surface area contributed by atoms with Crippen molar-refractivity contribution < 1.29 is 4.79 Å². The Morgan fingerprint density at radius 2 is 1.92 bits per heavy atom. The maximum atomic E-state index is 13.0. The van der Waals surface area contributed by atoms with E-state index >= 15 is 0 Å². The number of hydrogen-bond acceptors (Lipinski definition) is 3. The van der Waals surface area contributed by atoms with Gasteiger partial charge in [-0.25, -0.2) is 0 Å². The Kier molecular flexibility index (Phi) is 4.52. The van der Waals surface area contributed by atoms with Crippen LogP contribution in [0.3, 0.4) is 0 Å².